The maximum absolute atomic E-state index is 12.1. The van der Waals surface area contributed by atoms with E-state index in [-0.39, 0.29) is 16.3 Å². The minimum absolute atomic E-state index is 0.00863. The number of phenolic OH excluding ortho intramolecular Hbond substituents is 1. The van der Waals surface area contributed by atoms with Gasteiger partial charge in [-0.25, -0.2) is 8.42 Å². The number of hydrogen-bond acceptors (Lipinski definition) is 5. The molecule has 0 aliphatic rings. The number of rotatable bonds is 3. The monoisotopic (exact) mass is 279 g/mol. The molecule has 0 saturated carbocycles. The van der Waals surface area contributed by atoms with Gasteiger partial charge in [-0.05, 0) is 36.8 Å². The van der Waals surface area contributed by atoms with Crippen LogP contribution in [0.4, 0.5) is 11.4 Å². The van der Waals surface area contributed by atoms with Crippen molar-refractivity contribution in [3.05, 3.63) is 42.2 Å². The van der Waals surface area contributed by atoms with Crippen LogP contribution in [0, 0.1) is 6.92 Å². The number of anilines is 2. The van der Waals surface area contributed by atoms with Crippen molar-refractivity contribution in [3.63, 3.8) is 0 Å². The second-order valence-electron chi connectivity index (χ2n) is 4.02. The van der Waals surface area contributed by atoms with Crippen LogP contribution in [-0.2, 0) is 10.0 Å². The zero-order chi connectivity index (χ0) is 14.0. The van der Waals surface area contributed by atoms with E-state index >= 15 is 0 Å². The van der Waals surface area contributed by atoms with E-state index in [0.717, 1.165) is 0 Å². The summed E-state index contributed by atoms with van der Waals surface area (Å²) in [7, 11) is -3.74. The highest BCUT2D eigenvalue weighted by Crippen LogP contribution is 2.25. The molecule has 0 atom stereocenters. The predicted molar refractivity (Wildman–Crippen MR) is 72.3 cm³/mol. The Hall–Kier alpha value is -2.28. The molecule has 1 aromatic heterocycles. The summed E-state index contributed by atoms with van der Waals surface area (Å²) in [6.07, 6.45) is 3.05. The standard InChI is InChI=1S/C12H13N3O3S/c1-8-7-14-5-4-11(8)15-19(17,18)9-2-3-12(16)10(13)6-9/h2-7,16H,13H2,1H3,(H,14,15). The molecule has 0 amide bonds. The number of phenols is 1. The summed E-state index contributed by atoms with van der Waals surface area (Å²) >= 11 is 0. The lowest BCUT2D eigenvalue weighted by atomic mass is 10.3. The number of nitrogens with zero attached hydrogens (tertiary/aromatic N) is 1. The highest BCUT2D eigenvalue weighted by Gasteiger charge is 2.16. The van der Waals surface area contributed by atoms with Gasteiger partial charge in [0.2, 0.25) is 0 Å². The molecule has 0 aliphatic carbocycles. The van der Waals surface area contributed by atoms with Crippen LogP contribution in [0.25, 0.3) is 0 Å². The number of nitrogens with one attached hydrogen (secondary N) is 1. The van der Waals surface area contributed by atoms with Crippen LogP contribution in [0.15, 0.2) is 41.6 Å². The summed E-state index contributed by atoms with van der Waals surface area (Å²) in [4.78, 5) is 3.87. The molecule has 1 aromatic carbocycles. The van der Waals surface area contributed by atoms with Crippen LogP contribution in [0.5, 0.6) is 5.75 Å². The average molecular weight is 279 g/mol. The first-order valence-corrected chi connectivity index (χ1v) is 6.90. The first kappa shape index (κ1) is 13.2. The quantitative estimate of drug-likeness (QED) is 0.583. The number of sulfonamides is 1. The van der Waals surface area contributed by atoms with Crippen molar-refractivity contribution in [1.82, 2.24) is 4.98 Å². The van der Waals surface area contributed by atoms with Crippen LogP contribution in [-0.4, -0.2) is 18.5 Å². The molecule has 19 heavy (non-hydrogen) atoms. The van der Waals surface area contributed by atoms with Crippen molar-refractivity contribution in [2.45, 2.75) is 11.8 Å². The van der Waals surface area contributed by atoms with Gasteiger partial charge >= 0.3 is 0 Å². The summed E-state index contributed by atoms with van der Waals surface area (Å²) < 4.78 is 26.7. The van der Waals surface area contributed by atoms with Crippen LogP contribution in [0.2, 0.25) is 0 Å². The van der Waals surface area contributed by atoms with Crippen molar-refractivity contribution >= 4 is 21.4 Å². The van der Waals surface area contributed by atoms with E-state index in [1.807, 2.05) is 0 Å². The van der Waals surface area contributed by atoms with Gasteiger partial charge in [-0.3, -0.25) is 9.71 Å². The van der Waals surface area contributed by atoms with E-state index in [2.05, 4.69) is 9.71 Å². The molecule has 6 nitrogen and oxygen atoms in total. The molecule has 0 spiro atoms. The minimum Gasteiger partial charge on any atom is -0.506 e. The lowest BCUT2D eigenvalue weighted by molar-refractivity contribution is 0.477. The molecular weight excluding hydrogens is 266 g/mol. The molecule has 1 heterocycles. The predicted octanol–water partition coefficient (Wildman–Crippen LogP) is 1.48. The molecule has 2 rings (SSSR count). The molecule has 0 unspecified atom stereocenters. The summed E-state index contributed by atoms with van der Waals surface area (Å²) in [5.74, 6) is -0.154. The van der Waals surface area contributed by atoms with Crippen LogP contribution in [0.3, 0.4) is 0 Å². The first-order valence-electron chi connectivity index (χ1n) is 5.42. The summed E-state index contributed by atoms with van der Waals surface area (Å²) in [5, 5.41) is 9.29. The smallest absolute Gasteiger partial charge is 0.261 e. The molecule has 2 aromatic rings. The van der Waals surface area contributed by atoms with Gasteiger partial charge in [-0.2, -0.15) is 0 Å². The third kappa shape index (κ3) is 2.76. The fourth-order valence-corrected chi connectivity index (χ4v) is 2.66. The lowest BCUT2D eigenvalue weighted by Gasteiger charge is -2.10. The SMILES string of the molecule is Cc1cnccc1NS(=O)(=O)c1ccc(O)c(N)c1. The van der Waals surface area contributed by atoms with Crippen LogP contribution >= 0.6 is 0 Å². The van der Waals surface area contributed by atoms with Gasteiger partial charge in [0.1, 0.15) is 5.75 Å². The van der Waals surface area contributed by atoms with Gasteiger partial charge in [-0.15, -0.1) is 0 Å². The second-order valence-corrected chi connectivity index (χ2v) is 5.70. The number of benzene rings is 1. The van der Waals surface area contributed by atoms with E-state index in [1.165, 1.54) is 24.4 Å². The normalized spacial score (nSPS) is 11.2. The Bertz CT molecular complexity index is 714. The number of aryl methyl sites for hydroxylation is 1. The van der Waals surface area contributed by atoms with E-state index in [9.17, 15) is 13.5 Å². The van der Waals surface area contributed by atoms with Gasteiger partial charge in [0.15, 0.2) is 0 Å². The Labute approximate surface area is 111 Å². The number of nitrogen functional groups attached to an aromatic ring is 1. The van der Waals surface area contributed by atoms with Crippen LogP contribution < -0.4 is 10.5 Å². The van der Waals surface area contributed by atoms with Gasteiger partial charge in [0.25, 0.3) is 10.0 Å². The molecule has 100 valence electrons. The van der Waals surface area contributed by atoms with Gasteiger partial charge in [0, 0.05) is 12.4 Å². The Balaban J connectivity index is 2.38. The largest absolute Gasteiger partial charge is 0.506 e. The average Bonchev–Trinajstić information content (AvgIpc) is 2.35. The third-order valence-corrected chi connectivity index (χ3v) is 3.94. The lowest BCUT2D eigenvalue weighted by Crippen LogP contribution is -2.14. The summed E-state index contributed by atoms with van der Waals surface area (Å²) in [6.45, 7) is 1.75. The number of hydrogen-bond donors (Lipinski definition) is 3. The summed E-state index contributed by atoms with van der Waals surface area (Å²) in [5.41, 5.74) is 6.65. The molecule has 0 aliphatic heterocycles. The zero-order valence-corrected chi connectivity index (χ0v) is 11.0. The number of aromatic nitrogens is 1. The van der Waals surface area contributed by atoms with E-state index in [0.29, 0.717) is 11.3 Å². The van der Waals surface area contributed by atoms with E-state index < -0.39 is 10.0 Å². The first-order chi connectivity index (χ1) is 8.90. The van der Waals surface area contributed by atoms with Crippen molar-refractivity contribution in [3.8, 4) is 5.75 Å². The topological polar surface area (TPSA) is 105 Å². The third-order valence-electron chi connectivity index (χ3n) is 2.57. The Morgan fingerprint density at radius 3 is 2.68 bits per heavy atom. The van der Waals surface area contributed by atoms with Gasteiger partial charge < -0.3 is 10.8 Å². The molecular formula is C12H13N3O3S. The fourth-order valence-electron chi connectivity index (χ4n) is 1.49. The number of aromatic hydroxyl groups is 1. The maximum Gasteiger partial charge on any atom is 0.261 e. The molecule has 0 radical (unpaired) electrons. The molecule has 0 fully saturated rings. The van der Waals surface area contributed by atoms with Crippen LogP contribution in [0.1, 0.15) is 5.56 Å². The highest BCUT2D eigenvalue weighted by atomic mass is 32.2. The van der Waals surface area contributed by atoms with Crippen molar-refractivity contribution in [2.75, 3.05) is 10.5 Å². The number of pyridine rings is 1. The Morgan fingerprint density at radius 2 is 2.05 bits per heavy atom. The van der Waals surface area contributed by atoms with Crippen molar-refractivity contribution in [2.24, 2.45) is 0 Å². The zero-order valence-electron chi connectivity index (χ0n) is 10.2. The maximum atomic E-state index is 12.1. The molecule has 7 heteroatoms. The molecule has 0 bridgehead atoms. The Kier molecular flexibility index (Phi) is 3.30. The Morgan fingerprint density at radius 1 is 1.32 bits per heavy atom. The van der Waals surface area contributed by atoms with E-state index in [1.54, 1.807) is 19.2 Å². The van der Waals surface area contributed by atoms with Gasteiger partial charge in [-0.1, -0.05) is 0 Å². The summed E-state index contributed by atoms with van der Waals surface area (Å²) in [6, 6.07) is 5.29. The van der Waals surface area contributed by atoms with Crippen molar-refractivity contribution < 1.29 is 13.5 Å². The fraction of sp³-hybridized carbons (Fsp3) is 0.0833. The molecule has 0 saturated heterocycles. The van der Waals surface area contributed by atoms with Crippen molar-refractivity contribution in [1.29, 1.82) is 0 Å². The second kappa shape index (κ2) is 4.77. The molecule has 4 N–H and O–H groups in total. The van der Waals surface area contributed by atoms with Gasteiger partial charge in [0.05, 0.1) is 16.3 Å². The minimum atomic E-state index is -3.74. The highest BCUT2D eigenvalue weighted by molar-refractivity contribution is 7.92. The van der Waals surface area contributed by atoms with E-state index in [4.69, 9.17) is 5.73 Å². The number of nitrogens with two attached hydrogens (primary N) is 1.